The average Bonchev–Trinajstić information content (AvgIpc) is 2.31. The highest BCUT2D eigenvalue weighted by molar-refractivity contribution is 4.80. The molecule has 1 nitrogen and oxygen atoms in total. The maximum atomic E-state index is 3.70. The molecule has 1 saturated carbocycles. The van der Waals surface area contributed by atoms with Crippen LogP contribution >= 0.6 is 0 Å². The van der Waals surface area contributed by atoms with Crippen LogP contribution in [0.5, 0.6) is 0 Å². The van der Waals surface area contributed by atoms with Crippen molar-refractivity contribution in [2.24, 2.45) is 29.6 Å². The molecule has 0 heterocycles. The quantitative estimate of drug-likeness (QED) is 0.644. The number of hydrogen-bond donors (Lipinski definition) is 1. The van der Waals surface area contributed by atoms with Crippen LogP contribution in [-0.2, 0) is 0 Å². The molecule has 0 aliphatic heterocycles. The highest BCUT2D eigenvalue weighted by Crippen LogP contribution is 2.36. The second-order valence-electron chi connectivity index (χ2n) is 7.82. The van der Waals surface area contributed by atoms with Crippen LogP contribution in [-0.4, -0.2) is 13.1 Å². The highest BCUT2D eigenvalue weighted by atomic mass is 14.9. The van der Waals surface area contributed by atoms with Crippen molar-refractivity contribution in [1.29, 1.82) is 0 Å². The van der Waals surface area contributed by atoms with E-state index in [0.717, 1.165) is 29.6 Å². The van der Waals surface area contributed by atoms with E-state index in [-0.39, 0.29) is 0 Å². The molecule has 1 N–H and O–H groups in total. The van der Waals surface area contributed by atoms with Gasteiger partial charge in [0, 0.05) is 0 Å². The first-order valence-electron chi connectivity index (χ1n) is 8.69. The molecule has 0 aromatic carbocycles. The summed E-state index contributed by atoms with van der Waals surface area (Å²) >= 11 is 0. The predicted molar refractivity (Wildman–Crippen MR) is 86.4 cm³/mol. The van der Waals surface area contributed by atoms with Gasteiger partial charge in [-0.15, -0.1) is 0 Å². The van der Waals surface area contributed by atoms with Crippen molar-refractivity contribution < 1.29 is 0 Å². The number of hydrogen-bond acceptors (Lipinski definition) is 1. The fourth-order valence-corrected chi connectivity index (χ4v) is 3.53. The molecule has 1 aliphatic carbocycles. The molecule has 0 aromatic rings. The Bertz CT molecular complexity index is 222. The summed E-state index contributed by atoms with van der Waals surface area (Å²) in [6, 6.07) is 0. The van der Waals surface area contributed by atoms with Crippen molar-refractivity contribution in [3.8, 4) is 0 Å². The lowest BCUT2D eigenvalue weighted by atomic mass is 9.72. The second-order valence-corrected chi connectivity index (χ2v) is 7.82. The lowest BCUT2D eigenvalue weighted by molar-refractivity contribution is 0.169. The summed E-state index contributed by atoms with van der Waals surface area (Å²) in [7, 11) is 0. The van der Waals surface area contributed by atoms with Gasteiger partial charge < -0.3 is 5.32 Å². The Labute approximate surface area is 121 Å². The molecule has 0 spiro atoms. The standard InChI is InChI=1S/C18H37N/c1-14(2)7-6-8-17-11-16(5)9-10-18(17)13-19-12-15(3)4/h14-19H,6-13H2,1-5H3. The molecule has 3 atom stereocenters. The molecule has 1 aliphatic rings. The first kappa shape index (κ1) is 17.0. The minimum absolute atomic E-state index is 0.780. The van der Waals surface area contributed by atoms with Gasteiger partial charge in [0.1, 0.15) is 0 Å². The zero-order valence-electron chi connectivity index (χ0n) is 14.0. The molecule has 0 amide bonds. The van der Waals surface area contributed by atoms with Gasteiger partial charge in [-0.25, -0.2) is 0 Å². The van der Waals surface area contributed by atoms with E-state index in [2.05, 4.69) is 39.9 Å². The minimum atomic E-state index is 0.780. The fourth-order valence-electron chi connectivity index (χ4n) is 3.53. The molecular weight excluding hydrogens is 230 g/mol. The van der Waals surface area contributed by atoms with Crippen molar-refractivity contribution in [3.05, 3.63) is 0 Å². The lowest BCUT2D eigenvalue weighted by Crippen LogP contribution is -2.34. The van der Waals surface area contributed by atoms with Crippen LogP contribution < -0.4 is 5.32 Å². The van der Waals surface area contributed by atoms with E-state index >= 15 is 0 Å². The maximum absolute atomic E-state index is 3.70. The fraction of sp³-hybridized carbons (Fsp3) is 1.00. The molecule has 0 bridgehead atoms. The summed E-state index contributed by atoms with van der Waals surface area (Å²) in [4.78, 5) is 0. The highest BCUT2D eigenvalue weighted by Gasteiger charge is 2.27. The van der Waals surface area contributed by atoms with E-state index in [4.69, 9.17) is 0 Å². The summed E-state index contributed by atoms with van der Waals surface area (Å²) < 4.78 is 0. The Morgan fingerprint density at radius 3 is 2.37 bits per heavy atom. The van der Waals surface area contributed by atoms with Crippen LogP contribution in [0.25, 0.3) is 0 Å². The first-order valence-corrected chi connectivity index (χ1v) is 8.69. The lowest BCUT2D eigenvalue weighted by Gasteiger charge is -2.35. The van der Waals surface area contributed by atoms with Crippen LogP contribution in [0.2, 0.25) is 0 Å². The summed E-state index contributed by atoms with van der Waals surface area (Å²) in [5.41, 5.74) is 0. The van der Waals surface area contributed by atoms with Crippen LogP contribution in [0.15, 0.2) is 0 Å². The molecule has 1 fully saturated rings. The third-order valence-electron chi connectivity index (χ3n) is 4.72. The van der Waals surface area contributed by atoms with E-state index < -0.39 is 0 Å². The molecule has 19 heavy (non-hydrogen) atoms. The summed E-state index contributed by atoms with van der Waals surface area (Å²) in [6.45, 7) is 14.2. The predicted octanol–water partition coefficient (Wildman–Crippen LogP) is 5.11. The third kappa shape index (κ3) is 7.34. The summed E-state index contributed by atoms with van der Waals surface area (Å²) in [5.74, 6) is 4.55. The van der Waals surface area contributed by atoms with E-state index in [9.17, 15) is 0 Å². The van der Waals surface area contributed by atoms with Gasteiger partial charge in [0.15, 0.2) is 0 Å². The normalized spacial score (nSPS) is 28.3. The summed E-state index contributed by atoms with van der Waals surface area (Å²) in [5, 5.41) is 3.70. The molecule has 0 aromatic heterocycles. The van der Waals surface area contributed by atoms with Crippen molar-refractivity contribution in [2.45, 2.75) is 73.1 Å². The molecule has 114 valence electrons. The minimum Gasteiger partial charge on any atom is -0.316 e. The zero-order chi connectivity index (χ0) is 14.3. The largest absolute Gasteiger partial charge is 0.316 e. The Morgan fingerprint density at radius 2 is 1.74 bits per heavy atom. The number of nitrogens with one attached hydrogen (secondary N) is 1. The Balaban J connectivity index is 2.32. The summed E-state index contributed by atoms with van der Waals surface area (Å²) in [6.07, 6.45) is 8.71. The first-order chi connectivity index (χ1) is 8.99. The van der Waals surface area contributed by atoms with Gasteiger partial charge in [-0.2, -0.15) is 0 Å². The smallest absolute Gasteiger partial charge is 0.00178 e. The molecule has 0 saturated heterocycles. The Morgan fingerprint density at radius 1 is 1.00 bits per heavy atom. The van der Waals surface area contributed by atoms with Gasteiger partial charge in [-0.3, -0.25) is 0 Å². The van der Waals surface area contributed by atoms with Crippen LogP contribution in [0, 0.1) is 29.6 Å². The van der Waals surface area contributed by atoms with E-state index in [1.54, 1.807) is 0 Å². The van der Waals surface area contributed by atoms with Gasteiger partial charge >= 0.3 is 0 Å². The van der Waals surface area contributed by atoms with E-state index in [1.807, 2.05) is 0 Å². The van der Waals surface area contributed by atoms with Gasteiger partial charge in [0.05, 0.1) is 0 Å². The van der Waals surface area contributed by atoms with Gasteiger partial charge in [-0.05, 0) is 55.5 Å². The van der Waals surface area contributed by atoms with Gasteiger partial charge in [-0.1, -0.05) is 60.3 Å². The average molecular weight is 268 g/mol. The van der Waals surface area contributed by atoms with Crippen molar-refractivity contribution in [1.82, 2.24) is 5.32 Å². The number of rotatable bonds is 8. The monoisotopic (exact) mass is 267 g/mol. The zero-order valence-corrected chi connectivity index (χ0v) is 14.0. The van der Waals surface area contributed by atoms with Crippen LogP contribution in [0.1, 0.15) is 73.1 Å². The van der Waals surface area contributed by atoms with Gasteiger partial charge in [0.2, 0.25) is 0 Å². The van der Waals surface area contributed by atoms with Crippen LogP contribution in [0.3, 0.4) is 0 Å². The molecule has 1 rings (SSSR count). The Hall–Kier alpha value is -0.0400. The van der Waals surface area contributed by atoms with Crippen molar-refractivity contribution in [2.75, 3.05) is 13.1 Å². The topological polar surface area (TPSA) is 12.0 Å². The van der Waals surface area contributed by atoms with Crippen molar-refractivity contribution in [3.63, 3.8) is 0 Å². The second kappa shape index (κ2) is 9.00. The van der Waals surface area contributed by atoms with E-state index in [1.165, 1.54) is 51.6 Å². The van der Waals surface area contributed by atoms with Gasteiger partial charge in [0.25, 0.3) is 0 Å². The molecule has 1 heteroatoms. The third-order valence-corrected chi connectivity index (χ3v) is 4.72. The molecule has 3 unspecified atom stereocenters. The maximum Gasteiger partial charge on any atom is -0.00178 e. The van der Waals surface area contributed by atoms with Crippen molar-refractivity contribution >= 4 is 0 Å². The molecule has 0 radical (unpaired) electrons. The SMILES string of the molecule is CC(C)CCCC1CC(C)CCC1CNCC(C)C. The Kier molecular flexibility index (Phi) is 8.06. The van der Waals surface area contributed by atoms with Crippen LogP contribution in [0.4, 0.5) is 0 Å². The molecular formula is C18H37N. The van der Waals surface area contributed by atoms with E-state index in [0.29, 0.717) is 0 Å².